The van der Waals surface area contributed by atoms with Crippen molar-refractivity contribution in [1.29, 1.82) is 0 Å². The van der Waals surface area contributed by atoms with Gasteiger partial charge in [-0.2, -0.15) is 0 Å². The summed E-state index contributed by atoms with van der Waals surface area (Å²) in [6.45, 7) is 0. The third-order valence-electron chi connectivity index (χ3n) is 3.80. The van der Waals surface area contributed by atoms with Crippen LogP contribution in [0.3, 0.4) is 0 Å². The first kappa shape index (κ1) is 14.3. The second-order valence-electron chi connectivity index (χ2n) is 5.32. The fourth-order valence-corrected chi connectivity index (χ4v) is 2.58. The molecule has 0 fully saturated rings. The van der Waals surface area contributed by atoms with Gasteiger partial charge in [0.1, 0.15) is 11.4 Å². The smallest absolute Gasteiger partial charge is 0.310 e. The molecule has 0 aliphatic carbocycles. The summed E-state index contributed by atoms with van der Waals surface area (Å²) in [5.41, 5.74) is 3.80. The van der Waals surface area contributed by atoms with Crippen LogP contribution in [0.1, 0.15) is 11.3 Å². The standard InChI is InChI=1S/C19H14N2O3/c1-23-14-7-8-16-15(10-14)13(11-20-16)9-17-19(22)24-18(21-17)12-5-3-2-4-6-12/h2-11,22H,1H3/b13-9-. The average molecular weight is 318 g/mol. The first-order valence-electron chi connectivity index (χ1n) is 7.44. The van der Waals surface area contributed by atoms with Crippen LogP contribution in [0.15, 0.2) is 57.9 Å². The number of fused-ring (bicyclic) bond motifs is 1. The van der Waals surface area contributed by atoms with E-state index in [1.807, 2.05) is 48.5 Å². The summed E-state index contributed by atoms with van der Waals surface area (Å²) in [5, 5.41) is 10.1. The Kier molecular flexibility index (Phi) is 3.39. The van der Waals surface area contributed by atoms with Crippen LogP contribution >= 0.6 is 0 Å². The number of methoxy groups -OCH3 is 1. The largest absolute Gasteiger partial charge is 0.497 e. The molecule has 0 bridgehead atoms. The van der Waals surface area contributed by atoms with Crippen LogP contribution < -0.4 is 4.74 Å². The fraction of sp³-hybridized carbons (Fsp3) is 0.0526. The van der Waals surface area contributed by atoms with Crippen molar-refractivity contribution < 1.29 is 14.3 Å². The zero-order chi connectivity index (χ0) is 16.5. The highest BCUT2D eigenvalue weighted by Crippen LogP contribution is 2.36. The minimum Gasteiger partial charge on any atom is -0.497 e. The fourth-order valence-electron chi connectivity index (χ4n) is 2.58. The molecule has 0 saturated heterocycles. The number of aromatic nitrogens is 1. The third-order valence-corrected chi connectivity index (χ3v) is 3.80. The molecule has 1 aliphatic rings. The summed E-state index contributed by atoms with van der Waals surface area (Å²) in [4.78, 5) is 8.73. The minimum absolute atomic E-state index is 0.217. The SMILES string of the molecule is COc1ccc2c(c1)/C(=C\c1nc(-c3ccccc3)oc1O)C=N2. The maximum atomic E-state index is 10.1. The quantitative estimate of drug-likeness (QED) is 0.781. The molecule has 0 saturated carbocycles. The summed E-state index contributed by atoms with van der Waals surface area (Å²) in [7, 11) is 1.62. The van der Waals surface area contributed by atoms with Gasteiger partial charge in [0.05, 0.1) is 12.8 Å². The predicted molar refractivity (Wildman–Crippen MR) is 92.6 cm³/mol. The van der Waals surface area contributed by atoms with E-state index in [1.54, 1.807) is 19.4 Å². The van der Waals surface area contributed by atoms with E-state index in [-0.39, 0.29) is 5.95 Å². The highest BCUT2D eigenvalue weighted by atomic mass is 16.5. The van der Waals surface area contributed by atoms with Gasteiger partial charge >= 0.3 is 5.95 Å². The van der Waals surface area contributed by atoms with Gasteiger partial charge in [-0.1, -0.05) is 18.2 Å². The van der Waals surface area contributed by atoms with E-state index in [1.165, 1.54) is 0 Å². The van der Waals surface area contributed by atoms with E-state index in [0.717, 1.165) is 28.1 Å². The van der Waals surface area contributed by atoms with Crippen molar-refractivity contribution in [3.63, 3.8) is 0 Å². The monoisotopic (exact) mass is 318 g/mol. The molecule has 0 unspecified atom stereocenters. The van der Waals surface area contributed by atoms with Crippen LogP contribution in [0.4, 0.5) is 5.69 Å². The Morgan fingerprint density at radius 2 is 1.96 bits per heavy atom. The summed E-state index contributed by atoms with van der Waals surface area (Å²) >= 11 is 0. The number of aliphatic imine (C=N–C) groups is 1. The van der Waals surface area contributed by atoms with E-state index in [9.17, 15) is 5.11 Å². The van der Waals surface area contributed by atoms with Gasteiger partial charge in [0.15, 0.2) is 0 Å². The molecule has 1 aliphatic heterocycles. The summed E-state index contributed by atoms with van der Waals surface area (Å²) in [5.74, 6) is 0.909. The lowest BCUT2D eigenvalue weighted by Crippen LogP contribution is -1.86. The molecule has 1 N–H and O–H groups in total. The number of oxazole rings is 1. The molecule has 5 heteroatoms. The molecule has 1 aromatic heterocycles. The van der Waals surface area contributed by atoms with Crippen LogP contribution in [0.5, 0.6) is 11.7 Å². The molecule has 0 radical (unpaired) electrons. The Labute approximate surface area is 138 Å². The van der Waals surface area contributed by atoms with Crippen LogP contribution in [0.25, 0.3) is 23.1 Å². The van der Waals surface area contributed by atoms with Gasteiger partial charge in [0, 0.05) is 22.9 Å². The van der Waals surface area contributed by atoms with Crippen LogP contribution in [0, 0.1) is 0 Å². The highest BCUT2D eigenvalue weighted by Gasteiger charge is 2.17. The average Bonchev–Trinajstić information content (AvgIpc) is 3.19. The van der Waals surface area contributed by atoms with Gasteiger partial charge in [0.2, 0.25) is 5.89 Å². The number of hydrogen-bond acceptors (Lipinski definition) is 5. The molecule has 4 rings (SSSR count). The lowest BCUT2D eigenvalue weighted by atomic mass is 10.1. The molecule has 2 heterocycles. The number of benzene rings is 2. The molecule has 0 spiro atoms. The molecule has 24 heavy (non-hydrogen) atoms. The first-order chi connectivity index (χ1) is 11.7. The lowest BCUT2D eigenvalue weighted by Gasteiger charge is -2.03. The Hall–Kier alpha value is -3.34. The van der Waals surface area contributed by atoms with Crippen molar-refractivity contribution in [2.45, 2.75) is 0 Å². The van der Waals surface area contributed by atoms with Gasteiger partial charge in [-0.05, 0) is 36.4 Å². The van der Waals surface area contributed by atoms with Crippen molar-refractivity contribution in [1.82, 2.24) is 4.98 Å². The van der Waals surface area contributed by atoms with E-state index in [4.69, 9.17) is 9.15 Å². The Morgan fingerprint density at radius 1 is 1.12 bits per heavy atom. The van der Waals surface area contributed by atoms with Crippen molar-refractivity contribution in [2.75, 3.05) is 7.11 Å². The zero-order valence-corrected chi connectivity index (χ0v) is 12.9. The summed E-state index contributed by atoms with van der Waals surface area (Å²) in [6, 6.07) is 15.1. The number of aromatic hydroxyl groups is 1. The molecule has 118 valence electrons. The first-order valence-corrected chi connectivity index (χ1v) is 7.44. The van der Waals surface area contributed by atoms with Gasteiger partial charge in [-0.3, -0.25) is 4.99 Å². The van der Waals surface area contributed by atoms with Crippen molar-refractivity contribution in [3.8, 4) is 23.1 Å². The Morgan fingerprint density at radius 3 is 2.75 bits per heavy atom. The van der Waals surface area contributed by atoms with E-state index in [2.05, 4.69) is 9.98 Å². The number of rotatable bonds is 3. The van der Waals surface area contributed by atoms with Crippen LogP contribution in [0.2, 0.25) is 0 Å². The third kappa shape index (κ3) is 2.46. The molecular formula is C19H14N2O3. The topological polar surface area (TPSA) is 67.9 Å². The van der Waals surface area contributed by atoms with E-state index in [0.29, 0.717) is 11.6 Å². The molecule has 0 atom stereocenters. The van der Waals surface area contributed by atoms with Crippen molar-refractivity contribution >= 4 is 23.6 Å². The zero-order valence-electron chi connectivity index (χ0n) is 12.9. The van der Waals surface area contributed by atoms with Crippen molar-refractivity contribution in [2.24, 2.45) is 4.99 Å². The normalized spacial score (nSPS) is 14.1. The molecule has 3 aromatic rings. The second kappa shape index (κ2) is 5.70. The molecule has 0 amide bonds. The molecule has 5 nitrogen and oxygen atoms in total. The number of allylic oxidation sites excluding steroid dienone is 1. The second-order valence-corrected chi connectivity index (χ2v) is 5.32. The predicted octanol–water partition coefficient (Wildman–Crippen LogP) is 4.31. The van der Waals surface area contributed by atoms with Crippen LogP contribution in [-0.4, -0.2) is 23.4 Å². The van der Waals surface area contributed by atoms with Gasteiger partial charge in [-0.25, -0.2) is 4.98 Å². The number of hydrogen-bond donors (Lipinski definition) is 1. The Bertz CT molecular complexity index is 956. The van der Waals surface area contributed by atoms with Crippen LogP contribution in [-0.2, 0) is 0 Å². The minimum atomic E-state index is -0.217. The highest BCUT2D eigenvalue weighted by molar-refractivity contribution is 6.21. The van der Waals surface area contributed by atoms with Gasteiger partial charge < -0.3 is 14.3 Å². The van der Waals surface area contributed by atoms with Gasteiger partial charge in [0.25, 0.3) is 0 Å². The number of nitrogens with zero attached hydrogens (tertiary/aromatic N) is 2. The van der Waals surface area contributed by atoms with Gasteiger partial charge in [-0.15, -0.1) is 0 Å². The molecular weight excluding hydrogens is 304 g/mol. The number of ether oxygens (including phenoxy) is 1. The van der Waals surface area contributed by atoms with E-state index < -0.39 is 0 Å². The maximum Gasteiger partial charge on any atom is 0.310 e. The lowest BCUT2D eigenvalue weighted by molar-refractivity contribution is 0.336. The molecule has 2 aromatic carbocycles. The summed E-state index contributed by atoms with van der Waals surface area (Å²) < 4.78 is 10.6. The van der Waals surface area contributed by atoms with Crippen molar-refractivity contribution in [3.05, 3.63) is 59.8 Å². The van der Waals surface area contributed by atoms with E-state index >= 15 is 0 Å². The maximum absolute atomic E-state index is 10.1. The Balaban J connectivity index is 1.74. The summed E-state index contributed by atoms with van der Waals surface area (Å²) in [6.07, 6.45) is 3.49.